The first-order chi connectivity index (χ1) is 15.4. The lowest BCUT2D eigenvalue weighted by molar-refractivity contribution is -0.139. The number of ether oxygens (including phenoxy) is 2. The average molecular weight is 453 g/mol. The predicted octanol–water partition coefficient (Wildman–Crippen LogP) is 2.95. The van der Waals surface area contributed by atoms with Gasteiger partial charge in [0.05, 0.1) is 35.6 Å². The van der Waals surface area contributed by atoms with Gasteiger partial charge in [-0.05, 0) is 43.7 Å². The molecule has 1 atom stereocenters. The Morgan fingerprint density at radius 3 is 2.59 bits per heavy atom. The Hall–Kier alpha value is -3.52. The zero-order chi connectivity index (χ0) is 22.8. The summed E-state index contributed by atoms with van der Waals surface area (Å²) < 4.78 is 26.5. The van der Waals surface area contributed by atoms with Gasteiger partial charge in [-0.25, -0.2) is 14.2 Å². The number of rotatable bonds is 5. The fraction of sp³-hybridized carbons (Fsp3) is 0.208. The van der Waals surface area contributed by atoms with E-state index < -0.39 is 17.8 Å². The van der Waals surface area contributed by atoms with Crippen molar-refractivity contribution >= 4 is 23.4 Å². The Kier molecular flexibility index (Phi) is 6.05. The molecule has 3 aromatic rings. The molecule has 1 aliphatic heterocycles. The van der Waals surface area contributed by atoms with Crippen molar-refractivity contribution < 1.29 is 18.7 Å². The van der Waals surface area contributed by atoms with E-state index in [2.05, 4.69) is 4.99 Å². The lowest BCUT2D eigenvalue weighted by atomic mass is 9.96. The topological polar surface area (TPSA) is 69.9 Å². The molecule has 1 aliphatic rings. The van der Waals surface area contributed by atoms with Crippen molar-refractivity contribution in [3.05, 3.63) is 96.4 Å². The maximum atomic E-state index is 14.2. The molecule has 164 valence electrons. The van der Waals surface area contributed by atoms with Gasteiger partial charge in [-0.2, -0.15) is 0 Å². The molecule has 0 saturated heterocycles. The maximum Gasteiger partial charge on any atom is 0.338 e. The van der Waals surface area contributed by atoms with Crippen molar-refractivity contribution in [2.24, 2.45) is 4.99 Å². The van der Waals surface area contributed by atoms with Gasteiger partial charge in [-0.15, -0.1) is 0 Å². The van der Waals surface area contributed by atoms with Crippen molar-refractivity contribution in [3.63, 3.8) is 0 Å². The number of halogens is 1. The third-order valence-corrected chi connectivity index (χ3v) is 6.12. The SMILES string of the molecule is CCOC(=O)C1=C(C)N=c2s/c(=C\c3ccccc3F)c(=O)n2[C@H]1c1ccc(OC)cc1. The molecule has 2 heterocycles. The quantitative estimate of drug-likeness (QED) is 0.558. The smallest absolute Gasteiger partial charge is 0.338 e. The van der Waals surface area contributed by atoms with Crippen LogP contribution in [0.5, 0.6) is 5.75 Å². The number of carbonyl (C=O) groups is 1. The molecule has 0 N–H and O–H groups in total. The number of benzene rings is 2. The van der Waals surface area contributed by atoms with Crippen LogP contribution in [-0.4, -0.2) is 24.3 Å². The molecule has 1 aromatic heterocycles. The molecule has 0 aliphatic carbocycles. The molecular weight excluding hydrogens is 431 g/mol. The van der Waals surface area contributed by atoms with Crippen LogP contribution < -0.4 is 19.6 Å². The standard InChI is InChI=1S/C24H21FN2O4S/c1-4-31-23(29)20-14(2)26-24-27(21(20)15-9-11-17(30-3)12-10-15)22(28)19(32-24)13-16-7-5-6-8-18(16)25/h5-13,21H,4H2,1-3H3/b19-13-/t21-/m0/s1. The van der Waals surface area contributed by atoms with Crippen molar-refractivity contribution in [2.45, 2.75) is 19.9 Å². The van der Waals surface area contributed by atoms with Crippen LogP contribution in [0.15, 0.2) is 69.6 Å². The summed E-state index contributed by atoms with van der Waals surface area (Å²) in [4.78, 5) is 31.2. The minimum Gasteiger partial charge on any atom is -0.497 e. The summed E-state index contributed by atoms with van der Waals surface area (Å²) in [6.07, 6.45) is 1.51. The third-order valence-electron chi connectivity index (χ3n) is 5.14. The van der Waals surface area contributed by atoms with E-state index in [0.29, 0.717) is 37.5 Å². The summed E-state index contributed by atoms with van der Waals surface area (Å²) in [6, 6.07) is 12.6. The number of esters is 1. The second-order valence-electron chi connectivity index (χ2n) is 7.10. The van der Waals surface area contributed by atoms with Crippen LogP contribution in [0.3, 0.4) is 0 Å². The van der Waals surface area contributed by atoms with E-state index in [4.69, 9.17) is 9.47 Å². The fourth-order valence-electron chi connectivity index (χ4n) is 3.63. The van der Waals surface area contributed by atoms with E-state index in [1.165, 1.54) is 16.7 Å². The Labute approximate surface area is 187 Å². The molecular formula is C24H21FN2O4S. The van der Waals surface area contributed by atoms with E-state index in [0.717, 1.165) is 11.3 Å². The summed E-state index contributed by atoms with van der Waals surface area (Å²) in [5, 5.41) is 0. The molecule has 0 amide bonds. The zero-order valence-electron chi connectivity index (χ0n) is 17.8. The number of nitrogens with zero attached hydrogens (tertiary/aromatic N) is 2. The highest BCUT2D eigenvalue weighted by molar-refractivity contribution is 7.07. The van der Waals surface area contributed by atoms with Gasteiger partial charge >= 0.3 is 5.97 Å². The highest BCUT2D eigenvalue weighted by atomic mass is 32.1. The zero-order valence-corrected chi connectivity index (χ0v) is 18.6. The number of thiazole rings is 1. The van der Waals surface area contributed by atoms with E-state index in [9.17, 15) is 14.0 Å². The van der Waals surface area contributed by atoms with E-state index >= 15 is 0 Å². The second-order valence-corrected chi connectivity index (χ2v) is 8.11. The summed E-state index contributed by atoms with van der Waals surface area (Å²) in [6.45, 7) is 3.64. The van der Waals surface area contributed by atoms with Gasteiger partial charge in [0.1, 0.15) is 11.6 Å². The number of hydrogen-bond donors (Lipinski definition) is 0. The van der Waals surface area contributed by atoms with E-state index in [1.54, 1.807) is 63.4 Å². The summed E-state index contributed by atoms with van der Waals surface area (Å²) in [7, 11) is 1.56. The van der Waals surface area contributed by atoms with Crippen LogP contribution in [0.2, 0.25) is 0 Å². The first-order valence-corrected chi connectivity index (χ1v) is 10.8. The van der Waals surface area contributed by atoms with Crippen LogP contribution in [0.1, 0.15) is 31.0 Å². The fourth-order valence-corrected chi connectivity index (χ4v) is 4.66. The monoisotopic (exact) mass is 452 g/mol. The Bertz CT molecular complexity index is 1390. The predicted molar refractivity (Wildman–Crippen MR) is 120 cm³/mol. The highest BCUT2D eigenvalue weighted by Gasteiger charge is 2.33. The molecule has 32 heavy (non-hydrogen) atoms. The van der Waals surface area contributed by atoms with Crippen molar-refractivity contribution in [2.75, 3.05) is 13.7 Å². The molecule has 2 aromatic carbocycles. The van der Waals surface area contributed by atoms with Gasteiger partial charge < -0.3 is 9.47 Å². The minimum atomic E-state index is -0.723. The largest absolute Gasteiger partial charge is 0.497 e. The van der Waals surface area contributed by atoms with Crippen LogP contribution in [0.4, 0.5) is 4.39 Å². The van der Waals surface area contributed by atoms with Crippen molar-refractivity contribution in [1.29, 1.82) is 0 Å². The van der Waals surface area contributed by atoms with Crippen molar-refractivity contribution in [1.82, 2.24) is 4.57 Å². The number of fused-ring (bicyclic) bond motifs is 1. The molecule has 6 nitrogen and oxygen atoms in total. The highest BCUT2D eigenvalue weighted by Crippen LogP contribution is 2.31. The van der Waals surface area contributed by atoms with Gasteiger partial charge in [0.2, 0.25) is 0 Å². The first kappa shape index (κ1) is 21.7. The van der Waals surface area contributed by atoms with Crippen LogP contribution >= 0.6 is 11.3 Å². The number of aromatic nitrogens is 1. The Balaban J connectivity index is 1.96. The lowest BCUT2D eigenvalue weighted by Gasteiger charge is -2.24. The molecule has 4 rings (SSSR count). The van der Waals surface area contributed by atoms with Gasteiger partial charge in [-0.1, -0.05) is 41.7 Å². The van der Waals surface area contributed by atoms with Crippen molar-refractivity contribution in [3.8, 4) is 5.75 Å². The summed E-state index contributed by atoms with van der Waals surface area (Å²) in [5.41, 5.74) is 1.43. The number of hydrogen-bond acceptors (Lipinski definition) is 6. The van der Waals surface area contributed by atoms with Crippen LogP contribution in [-0.2, 0) is 9.53 Å². The van der Waals surface area contributed by atoms with Gasteiger partial charge in [0, 0.05) is 5.56 Å². The lowest BCUT2D eigenvalue weighted by Crippen LogP contribution is -2.39. The average Bonchev–Trinajstić information content (AvgIpc) is 3.09. The molecule has 0 spiro atoms. The first-order valence-electron chi connectivity index (χ1n) is 10.0. The minimum absolute atomic E-state index is 0.197. The van der Waals surface area contributed by atoms with Gasteiger partial charge in [0.15, 0.2) is 4.80 Å². The normalized spacial score (nSPS) is 15.9. The van der Waals surface area contributed by atoms with Crippen LogP contribution in [0.25, 0.3) is 6.08 Å². The third kappa shape index (κ3) is 3.89. The number of carbonyl (C=O) groups excluding carboxylic acids is 1. The molecule has 0 fully saturated rings. The Morgan fingerprint density at radius 1 is 1.22 bits per heavy atom. The van der Waals surface area contributed by atoms with Gasteiger partial charge in [0.25, 0.3) is 5.56 Å². The number of methoxy groups -OCH3 is 1. The van der Waals surface area contributed by atoms with Crippen LogP contribution in [0, 0.1) is 5.82 Å². The molecule has 8 heteroatoms. The molecule has 0 saturated carbocycles. The molecule has 0 unspecified atom stereocenters. The number of allylic oxidation sites excluding steroid dienone is 1. The molecule has 0 radical (unpaired) electrons. The summed E-state index contributed by atoms with van der Waals surface area (Å²) >= 11 is 1.15. The second kappa shape index (κ2) is 8.92. The van der Waals surface area contributed by atoms with E-state index in [-0.39, 0.29) is 12.2 Å². The summed E-state index contributed by atoms with van der Waals surface area (Å²) in [5.74, 6) is -0.300. The van der Waals surface area contributed by atoms with E-state index in [1.807, 2.05) is 0 Å². The maximum absolute atomic E-state index is 14.2. The Morgan fingerprint density at radius 2 is 1.94 bits per heavy atom. The van der Waals surface area contributed by atoms with Gasteiger partial charge in [-0.3, -0.25) is 9.36 Å². The molecule has 0 bridgehead atoms.